The van der Waals surface area contributed by atoms with Crippen molar-refractivity contribution in [3.63, 3.8) is 0 Å². The van der Waals surface area contributed by atoms with Gasteiger partial charge < -0.3 is 14.4 Å². The molecule has 1 aromatic carbocycles. The van der Waals surface area contributed by atoms with Gasteiger partial charge in [0, 0.05) is 18.8 Å². The third-order valence-electron chi connectivity index (χ3n) is 3.25. The van der Waals surface area contributed by atoms with Gasteiger partial charge in [0.1, 0.15) is 17.9 Å². The summed E-state index contributed by atoms with van der Waals surface area (Å²) in [6.45, 7) is 5.52. The molecule has 9 heteroatoms. The van der Waals surface area contributed by atoms with Crippen LogP contribution in [-0.2, 0) is 9.53 Å². The van der Waals surface area contributed by atoms with E-state index in [-0.39, 0.29) is 31.3 Å². The molecular formula is C16H19F3N2O4. The molecule has 25 heavy (non-hydrogen) atoms. The number of alkyl halides is 3. The lowest BCUT2D eigenvalue weighted by molar-refractivity contribution is -0.274. The third-order valence-corrected chi connectivity index (χ3v) is 3.25. The number of hydrogen-bond acceptors (Lipinski definition) is 4. The molecule has 0 atom stereocenters. The van der Waals surface area contributed by atoms with Gasteiger partial charge in [0.2, 0.25) is 5.91 Å². The fourth-order valence-corrected chi connectivity index (χ4v) is 2.26. The SMILES string of the molecule is CC(C)(C)OC(=O)N1CCN(c2ccc(OC(F)(F)F)cc2)C(=O)C1. The Balaban J connectivity index is 1.99. The number of halogens is 3. The highest BCUT2D eigenvalue weighted by Gasteiger charge is 2.32. The van der Waals surface area contributed by atoms with Crippen LogP contribution in [0.1, 0.15) is 20.8 Å². The van der Waals surface area contributed by atoms with Gasteiger partial charge in [-0.25, -0.2) is 4.79 Å². The van der Waals surface area contributed by atoms with Crippen LogP contribution in [0, 0.1) is 0 Å². The van der Waals surface area contributed by atoms with Gasteiger partial charge in [-0.15, -0.1) is 13.2 Å². The van der Waals surface area contributed by atoms with E-state index >= 15 is 0 Å². The van der Waals surface area contributed by atoms with Crippen LogP contribution in [0.25, 0.3) is 0 Å². The number of anilines is 1. The van der Waals surface area contributed by atoms with E-state index < -0.39 is 18.1 Å². The zero-order valence-corrected chi connectivity index (χ0v) is 14.1. The van der Waals surface area contributed by atoms with E-state index in [1.54, 1.807) is 20.8 Å². The normalized spacial score (nSPS) is 16.0. The Morgan fingerprint density at radius 1 is 1.08 bits per heavy atom. The van der Waals surface area contributed by atoms with E-state index in [4.69, 9.17) is 4.74 Å². The maximum atomic E-state index is 12.3. The zero-order chi connectivity index (χ0) is 18.8. The van der Waals surface area contributed by atoms with Crippen LogP contribution in [0.2, 0.25) is 0 Å². The van der Waals surface area contributed by atoms with Crippen molar-refractivity contribution in [3.05, 3.63) is 24.3 Å². The average molecular weight is 360 g/mol. The summed E-state index contributed by atoms with van der Waals surface area (Å²) in [5, 5.41) is 0. The second-order valence-corrected chi connectivity index (χ2v) is 6.49. The third kappa shape index (κ3) is 5.54. The summed E-state index contributed by atoms with van der Waals surface area (Å²) in [6, 6.07) is 5.00. The van der Waals surface area contributed by atoms with Gasteiger partial charge in [-0.05, 0) is 45.0 Å². The van der Waals surface area contributed by atoms with Crippen LogP contribution in [0.4, 0.5) is 23.7 Å². The molecule has 0 aromatic heterocycles. The molecule has 0 spiro atoms. The van der Waals surface area contributed by atoms with Crippen molar-refractivity contribution in [2.75, 3.05) is 24.5 Å². The van der Waals surface area contributed by atoms with Crippen molar-refractivity contribution in [3.8, 4) is 5.75 Å². The largest absolute Gasteiger partial charge is 0.573 e. The quantitative estimate of drug-likeness (QED) is 0.813. The van der Waals surface area contributed by atoms with Crippen LogP contribution in [0.3, 0.4) is 0 Å². The Hall–Kier alpha value is -2.45. The van der Waals surface area contributed by atoms with E-state index in [2.05, 4.69) is 4.74 Å². The first kappa shape index (κ1) is 18.9. The number of nitrogens with zero attached hydrogens (tertiary/aromatic N) is 2. The topological polar surface area (TPSA) is 59.1 Å². The Bertz CT molecular complexity index is 638. The van der Waals surface area contributed by atoms with Gasteiger partial charge >= 0.3 is 12.5 Å². The maximum absolute atomic E-state index is 12.3. The van der Waals surface area contributed by atoms with Gasteiger partial charge in [0.25, 0.3) is 0 Å². The Labute approximate surface area is 143 Å². The lowest BCUT2D eigenvalue weighted by Gasteiger charge is -2.35. The van der Waals surface area contributed by atoms with Crippen molar-refractivity contribution < 1.29 is 32.2 Å². The predicted molar refractivity (Wildman–Crippen MR) is 83.3 cm³/mol. The fraction of sp³-hybridized carbons (Fsp3) is 0.500. The Kier molecular flexibility index (Phi) is 5.15. The molecule has 0 bridgehead atoms. The predicted octanol–water partition coefficient (Wildman–Crippen LogP) is 3.17. The van der Waals surface area contributed by atoms with Crippen molar-refractivity contribution in [1.82, 2.24) is 4.90 Å². The highest BCUT2D eigenvalue weighted by Crippen LogP contribution is 2.26. The molecule has 138 valence electrons. The Morgan fingerprint density at radius 2 is 1.68 bits per heavy atom. The minimum atomic E-state index is -4.77. The first-order valence-corrected chi connectivity index (χ1v) is 7.59. The van der Waals surface area contributed by atoms with E-state index in [1.165, 1.54) is 21.9 Å². The molecule has 0 saturated carbocycles. The van der Waals surface area contributed by atoms with Crippen LogP contribution < -0.4 is 9.64 Å². The summed E-state index contributed by atoms with van der Waals surface area (Å²) in [7, 11) is 0. The van der Waals surface area contributed by atoms with Crippen LogP contribution in [-0.4, -0.2) is 48.5 Å². The number of hydrogen-bond donors (Lipinski definition) is 0. The first-order valence-electron chi connectivity index (χ1n) is 7.59. The second kappa shape index (κ2) is 6.81. The van der Waals surface area contributed by atoms with Gasteiger partial charge in [0.05, 0.1) is 0 Å². The first-order chi connectivity index (χ1) is 11.4. The standard InChI is InChI=1S/C16H19F3N2O4/c1-15(2,3)25-14(23)20-8-9-21(13(22)10-20)11-4-6-12(7-5-11)24-16(17,18)19/h4-7H,8-10H2,1-3H3. The van der Waals surface area contributed by atoms with E-state index in [9.17, 15) is 22.8 Å². The van der Waals surface area contributed by atoms with Crippen LogP contribution in [0.15, 0.2) is 24.3 Å². The maximum Gasteiger partial charge on any atom is 0.573 e. The molecule has 1 heterocycles. The average Bonchev–Trinajstić information content (AvgIpc) is 2.45. The Morgan fingerprint density at radius 3 is 2.16 bits per heavy atom. The minimum absolute atomic E-state index is 0.157. The zero-order valence-electron chi connectivity index (χ0n) is 14.1. The van der Waals surface area contributed by atoms with E-state index in [0.29, 0.717) is 5.69 Å². The lowest BCUT2D eigenvalue weighted by atomic mass is 10.2. The smallest absolute Gasteiger partial charge is 0.444 e. The molecule has 1 aliphatic rings. The summed E-state index contributed by atoms with van der Waals surface area (Å²) in [4.78, 5) is 26.9. The number of piperazine rings is 1. The summed E-state index contributed by atoms with van der Waals surface area (Å²) in [6.07, 6.45) is -5.34. The molecule has 1 aliphatic heterocycles. The van der Waals surface area contributed by atoms with Crippen molar-refractivity contribution in [2.24, 2.45) is 0 Å². The second-order valence-electron chi connectivity index (χ2n) is 6.49. The van der Waals surface area contributed by atoms with Crippen molar-refractivity contribution in [1.29, 1.82) is 0 Å². The van der Waals surface area contributed by atoms with Gasteiger partial charge in [0.15, 0.2) is 0 Å². The molecular weight excluding hydrogens is 341 g/mol. The number of ether oxygens (including phenoxy) is 2. The van der Waals surface area contributed by atoms with Crippen molar-refractivity contribution in [2.45, 2.75) is 32.7 Å². The monoisotopic (exact) mass is 360 g/mol. The molecule has 2 rings (SSSR count). The fourth-order valence-electron chi connectivity index (χ4n) is 2.26. The van der Waals surface area contributed by atoms with Gasteiger partial charge in [-0.3, -0.25) is 9.69 Å². The molecule has 0 N–H and O–H groups in total. The molecule has 2 amide bonds. The molecule has 0 radical (unpaired) electrons. The molecule has 6 nitrogen and oxygen atoms in total. The summed E-state index contributed by atoms with van der Waals surface area (Å²) < 4.78 is 45.5. The molecule has 1 aromatic rings. The van der Waals surface area contributed by atoms with E-state index in [0.717, 1.165) is 12.1 Å². The molecule has 1 saturated heterocycles. The van der Waals surface area contributed by atoms with Gasteiger partial charge in [-0.2, -0.15) is 0 Å². The summed E-state index contributed by atoms with van der Waals surface area (Å²) >= 11 is 0. The minimum Gasteiger partial charge on any atom is -0.444 e. The summed E-state index contributed by atoms with van der Waals surface area (Å²) in [5.41, 5.74) is -0.227. The number of carbonyl (C=O) groups excluding carboxylic acids is 2. The highest BCUT2D eigenvalue weighted by atomic mass is 19.4. The van der Waals surface area contributed by atoms with Gasteiger partial charge in [-0.1, -0.05) is 0 Å². The lowest BCUT2D eigenvalue weighted by Crippen LogP contribution is -2.53. The summed E-state index contributed by atoms with van der Waals surface area (Å²) in [5.74, 6) is -0.710. The van der Waals surface area contributed by atoms with Crippen molar-refractivity contribution >= 4 is 17.7 Å². The molecule has 0 aliphatic carbocycles. The van der Waals surface area contributed by atoms with E-state index in [1.807, 2.05) is 0 Å². The van der Waals surface area contributed by atoms with Crippen LogP contribution >= 0.6 is 0 Å². The highest BCUT2D eigenvalue weighted by molar-refractivity contribution is 5.97. The molecule has 1 fully saturated rings. The molecule has 0 unspecified atom stereocenters. The number of rotatable bonds is 2. The number of carbonyl (C=O) groups is 2. The number of amides is 2. The number of benzene rings is 1. The van der Waals surface area contributed by atoms with Crippen LogP contribution in [0.5, 0.6) is 5.75 Å².